The Kier molecular flexibility index (Phi) is 8.39. The molecule has 0 unspecified atom stereocenters. The molecule has 1 fully saturated rings. The topological polar surface area (TPSA) is 66.0 Å². The Hall–Kier alpha value is -2.73. The van der Waals surface area contributed by atoms with Gasteiger partial charge in [-0.2, -0.15) is 0 Å². The number of rotatable bonds is 8. The average molecular weight is 429 g/mol. The molecule has 0 bridgehead atoms. The van der Waals surface area contributed by atoms with Gasteiger partial charge in [0.05, 0.1) is 18.1 Å². The summed E-state index contributed by atoms with van der Waals surface area (Å²) in [4.78, 5) is 18.8. The van der Waals surface area contributed by atoms with Crippen molar-refractivity contribution < 1.29 is 9.53 Å². The van der Waals surface area contributed by atoms with Gasteiger partial charge in [-0.15, -0.1) is 0 Å². The highest BCUT2D eigenvalue weighted by molar-refractivity contribution is 6.32. The summed E-state index contributed by atoms with van der Waals surface area (Å²) in [6.45, 7) is 5.58. The number of hydrogen-bond acceptors (Lipinski definition) is 3. The number of nitrogens with zero attached hydrogens (tertiary/aromatic N) is 2. The minimum Gasteiger partial charge on any atom is -0.487 e. The predicted octanol–water partition coefficient (Wildman–Crippen LogP) is 3.60. The molecule has 1 aliphatic heterocycles. The molecule has 30 heavy (non-hydrogen) atoms. The zero-order chi connectivity index (χ0) is 21.2. The second-order valence-corrected chi connectivity index (χ2v) is 7.53. The van der Waals surface area contributed by atoms with Crippen LogP contribution in [0.1, 0.15) is 30.9 Å². The molecule has 1 heterocycles. The molecule has 2 N–H and O–H groups in total. The second-order valence-electron chi connectivity index (χ2n) is 7.12. The molecular formula is C23H29ClN4O2. The van der Waals surface area contributed by atoms with E-state index >= 15 is 0 Å². The number of carbonyl (C=O) groups excluding carboxylic acids is 1. The number of aliphatic imine (C=N–C) groups is 1. The molecule has 0 spiro atoms. The molecule has 2 aromatic carbocycles. The second kappa shape index (κ2) is 11.5. The molecule has 6 nitrogen and oxygen atoms in total. The van der Waals surface area contributed by atoms with Gasteiger partial charge < -0.3 is 20.3 Å². The number of nitrogens with one attached hydrogen (secondary N) is 2. The molecule has 7 heteroatoms. The zero-order valence-corrected chi connectivity index (χ0v) is 18.1. The first kappa shape index (κ1) is 22.0. The Morgan fingerprint density at radius 1 is 1.07 bits per heavy atom. The Balaban J connectivity index is 1.60. The molecule has 1 amide bonds. The Morgan fingerprint density at radius 3 is 2.50 bits per heavy atom. The van der Waals surface area contributed by atoms with Crippen LogP contribution in [0.15, 0.2) is 53.5 Å². The molecule has 3 rings (SSSR count). The number of guanidine groups is 1. The van der Waals surface area contributed by atoms with Crippen LogP contribution in [0.3, 0.4) is 0 Å². The van der Waals surface area contributed by atoms with E-state index in [1.165, 1.54) is 0 Å². The summed E-state index contributed by atoms with van der Waals surface area (Å²) in [5.74, 6) is 1.41. The molecular weight excluding hydrogens is 400 g/mol. The number of likely N-dealkylation sites (tertiary alicyclic amines) is 1. The van der Waals surface area contributed by atoms with Crippen LogP contribution in [0.5, 0.6) is 5.75 Å². The molecule has 1 saturated heterocycles. The van der Waals surface area contributed by atoms with E-state index < -0.39 is 0 Å². The summed E-state index contributed by atoms with van der Waals surface area (Å²) < 4.78 is 5.89. The van der Waals surface area contributed by atoms with Crippen LogP contribution >= 0.6 is 11.6 Å². The molecule has 0 atom stereocenters. The highest BCUT2D eigenvalue weighted by Gasteiger charge is 2.17. The summed E-state index contributed by atoms with van der Waals surface area (Å²) >= 11 is 6.18. The summed E-state index contributed by atoms with van der Waals surface area (Å²) in [5.41, 5.74) is 2.11. The van der Waals surface area contributed by atoms with E-state index in [1.807, 2.05) is 60.4 Å². The van der Waals surface area contributed by atoms with Crippen LogP contribution in [-0.4, -0.2) is 42.9 Å². The van der Waals surface area contributed by atoms with Gasteiger partial charge in [-0.05, 0) is 43.0 Å². The van der Waals surface area contributed by atoms with Crippen molar-refractivity contribution in [2.75, 3.05) is 26.2 Å². The van der Waals surface area contributed by atoms with Crippen molar-refractivity contribution in [2.24, 2.45) is 4.99 Å². The number of halogens is 1. The summed E-state index contributed by atoms with van der Waals surface area (Å²) in [7, 11) is 0. The van der Waals surface area contributed by atoms with Gasteiger partial charge in [0, 0.05) is 19.6 Å². The third-order valence-corrected chi connectivity index (χ3v) is 5.27. The van der Waals surface area contributed by atoms with Crippen LogP contribution in [0.4, 0.5) is 0 Å². The normalized spacial score (nSPS) is 13.9. The summed E-state index contributed by atoms with van der Waals surface area (Å²) in [6.07, 6.45) is 2.18. The van der Waals surface area contributed by atoms with Crippen LogP contribution in [0.25, 0.3) is 0 Å². The highest BCUT2D eigenvalue weighted by Crippen LogP contribution is 2.24. The van der Waals surface area contributed by atoms with E-state index in [4.69, 9.17) is 16.3 Å². The molecule has 0 aliphatic carbocycles. The van der Waals surface area contributed by atoms with E-state index in [1.54, 1.807) is 0 Å². The van der Waals surface area contributed by atoms with Gasteiger partial charge in [-0.3, -0.25) is 4.79 Å². The van der Waals surface area contributed by atoms with Crippen molar-refractivity contribution in [1.29, 1.82) is 0 Å². The lowest BCUT2D eigenvalue weighted by molar-refractivity contribution is -0.128. The number of hydrogen-bond donors (Lipinski definition) is 2. The van der Waals surface area contributed by atoms with Crippen molar-refractivity contribution in [3.63, 3.8) is 0 Å². The Bertz CT molecular complexity index is 866. The fourth-order valence-electron chi connectivity index (χ4n) is 3.31. The van der Waals surface area contributed by atoms with Crippen molar-refractivity contribution in [3.05, 3.63) is 64.7 Å². The summed E-state index contributed by atoms with van der Waals surface area (Å²) in [6, 6.07) is 15.5. The quantitative estimate of drug-likeness (QED) is 0.498. The fourth-order valence-corrected chi connectivity index (χ4v) is 3.50. The van der Waals surface area contributed by atoms with Gasteiger partial charge in [0.1, 0.15) is 12.4 Å². The molecule has 2 aromatic rings. The molecule has 1 aliphatic rings. The maximum absolute atomic E-state index is 12.3. The maximum Gasteiger partial charge on any atom is 0.241 e. The number of carbonyl (C=O) groups is 1. The van der Waals surface area contributed by atoms with Crippen molar-refractivity contribution in [2.45, 2.75) is 32.9 Å². The fraction of sp³-hybridized carbons (Fsp3) is 0.391. The van der Waals surface area contributed by atoms with Crippen LogP contribution in [-0.2, 0) is 17.9 Å². The summed E-state index contributed by atoms with van der Waals surface area (Å²) in [5, 5.41) is 6.95. The predicted molar refractivity (Wildman–Crippen MR) is 121 cm³/mol. The van der Waals surface area contributed by atoms with E-state index in [9.17, 15) is 4.79 Å². The SMILES string of the molecule is CCNC(=NCc1ccccc1COc1ccccc1Cl)NCC(=O)N1CCCC1. The molecule has 0 aromatic heterocycles. The number of amides is 1. The van der Waals surface area contributed by atoms with E-state index in [0.29, 0.717) is 29.9 Å². The van der Waals surface area contributed by atoms with Gasteiger partial charge in [-0.25, -0.2) is 4.99 Å². The van der Waals surface area contributed by atoms with Crippen molar-refractivity contribution in [1.82, 2.24) is 15.5 Å². The number of para-hydroxylation sites is 1. The first-order valence-electron chi connectivity index (χ1n) is 10.4. The van der Waals surface area contributed by atoms with E-state index in [2.05, 4.69) is 15.6 Å². The molecule has 0 saturated carbocycles. The first-order valence-corrected chi connectivity index (χ1v) is 10.8. The Labute approximate surface area is 183 Å². The minimum atomic E-state index is 0.117. The van der Waals surface area contributed by atoms with E-state index in [0.717, 1.165) is 43.6 Å². The lowest BCUT2D eigenvalue weighted by Crippen LogP contribution is -2.44. The van der Waals surface area contributed by atoms with Crippen LogP contribution < -0.4 is 15.4 Å². The van der Waals surface area contributed by atoms with Crippen LogP contribution in [0.2, 0.25) is 5.02 Å². The zero-order valence-electron chi connectivity index (χ0n) is 17.4. The van der Waals surface area contributed by atoms with Gasteiger partial charge in [0.25, 0.3) is 0 Å². The monoisotopic (exact) mass is 428 g/mol. The largest absolute Gasteiger partial charge is 0.487 e. The number of benzene rings is 2. The van der Waals surface area contributed by atoms with Gasteiger partial charge >= 0.3 is 0 Å². The Morgan fingerprint density at radius 2 is 1.77 bits per heavy atom. The van der Waals surface area contributed by atoms with Gasteiger partial charge in [0.2, 0.25) is 5.91 Å². The minimum absolute atomic E-state index is 0.117. The van der Waals surface area contributed by atoms with Crippen molar-refractivity contribution >= 4 is 23.5 Å². The third-order valence-electron chi connectivity index (χ3n) is 4.96. The van der Waals surface area contributed by atoms with Gasteiger partial charge in [0.15, 0.2) is 5.96 Å². The first-order chi connectivity index (χ1) is 14.7. The van der Waals surface area contributed by atoms with Crippen molar-refractivity contribution in [3.8, 4) is 5.75 Å². The molecule has 0 radical (unpaired) electrons. The third kappa shape index (κ3) is 6.39. The number of ether oxygens (including phenoxy) is 1. The smallest absolute Gasteiger partial charge is 0.241 e. The van der Waals surface area contributed by atoms with Crippen LogP contribution in [0, 0.1) is 0 Å². The molecule has 160 valence electrons. The lowest BCUT2D eigenvalue weighted by Gasteiger charge is -2.17. The van der Waals surface area contributed by atoms with Gasteiger partial charge in [-0.1, -0.05) is 48.0 Å². The average Bonchev–Trinajstić information content (AvgIpc) is 3.30. The highest BCUT2D eigenvalue weighted by atomic mass is 35.5. The standard InChI is InChI=1S/C23H29ClN4O2/c1-2-25-23(27-16-22(29)28-13-7-8-14-28)26-15-18-9-3-4-10-19(18)17-30-21-12-6-5-11-20(21)24/h3-6,9-12H,2,7-8,13-17H2,1H3,(H2,25,26,27). The maximum atomic E-state index is 12.3. The lowest BCUT2D eigenvalue weighted by atomic mass is 10.1. The van der Waals surface area contributed by atoms with E-state index in [-0.39, 0.29) is 12.5 Å².